The van der Waals surface area contributed by atoms with Crippen LogP contribution in [-0.4, -0.2) is 30.1 Å². The molecule has 0 saturated carbocycles. The Morgan fingerprint density at radius 2 is 2.14 bits per heavy atom. The van der Waals surface area contributed by atoms with Gasteiger partial charge in [0.2, 0.25) is 0 Å². The fourth-order valence-electron chi connectivity index (χ4n) is 1.91. The van der Waals surface area contributed by atoms with E-state index in [1.165, 1.54) is 0 Å². The van der Waals surface area contributed by atoms with Crippen LogP contribution in [0.4, 0.5) is 0 Å². The number of amidine groups is 1. The maximum absolute atomic E-state index is 9.85. The van der Waals surface area contributed by atoms with Crippen LogP contribution in [0, 0.1) is 5.92 Å². The summed E-state index contributed by atoms with van der Waals surface area (Å²) in [6.45, 7) is 5.86. The third-order valence-electron chi connectivity index (χ3n) is 2.98. The molecule has 3 nitrogen and oxygen atoms in total. The minimum Gasteiger partial charge on any atom is -0.391 e. The molecule has 1 rings (SSSR count). The highest BCUT2D eigenvalue weighted by molar-refractivity contribution is 5.83. The first-order chi connectivity index (χ1) is 6.77. The molecule has 3 heteroatoms. The monoisotopic (exact) mass is 198 g/mol. The van der Waals surface area contributed by atoms with Crippen LogP contribution in [0.25, 0.3) is 0 Å². The molecule has 0 aromatic heterocycles. The highest BCUT2D eigenvalue weighted by Crippen LogP contribution is 2.12. The fraction of sp³-hybridized carbons (Fsp3) is 0.909. The van der Waals surface area contributed by atoms with Crippen molar-refractivity contribution in [2.45, 2.75) is 45.6 Å². The Morgan fingerprint density at radius 3 is 2.64 bits per heavy atom. The van der Waals surface area contributed by atoms with E-state index >= 15 is 0 Å². The van der Waals surface area contributed by atoms with Gasteiger partial charge in [-0.2, -0.15) is 0 Å². The second kappa shape index (κ2) is 6.02. The summed E-state index contributed by atoms with van der Waals surface area (Å²) in [5.41, 5.74) is 0. The molecule has 1 unspecified atom stereocenters. The van der Waals surface area contributed by atoms with E-state index in [1.54, 1.807) is 0 Å². The first-order valence-corrected chi connectivity index (χ1v) is 5.73. The molecule has 1 aliphatic heterocycles. The normalized spacial score (nSPS) is 18.4. The van der Waals surface area contributed by atoms with E-state index < -0.39 is 0 Å². The van der Waals surface area contributed by atoms with Gasteiger partial charge in [0.05, 0.1) is 11.9 Å². The molecule has 0 radical (unpaired) electrons. The molecular weight excluding hydrogens is 176 g/mol. The zero-order valence-corrected chi connectivity index (χ0v) is 9.29. The number of nitrogens with one attached hydrogen (secondary N) is 1. The van der Waals surface area contributed by atoms with Gasteiger partial charge in [-0.1, -0.05) is 26.7 Å². The Hall–Kier alpha value is -0.570. The van der Waals surface area contributed by atoms with E-state index in [9.17, 15) is 5.11 Å². The summed E-state index contributed by atoms with van der Waals surface area (Å²) in [4.78, 5) is 4.31. The van der Waals surface area contributed by atoms with E-state index in [0.29, 0.717) is 12.5 Å². The number of hydrogen-bond donors (Lipinski definition) is 2. The molecule has 0 amide bonds. The lowest BCUT2D eigenvalue weighted by Gasteiger charge is -2.20. The molecule has 14 heavy (non-hydrogen) atoms. The second-order valence-electron chi connectivity index (χ2n) is 3.96. The summed E-state index contributed by atoms with van der Waals surface area (Å²) in [6, 6.07) is 0. The van der Waals surface area contributed by atoms with Crippen LogP contribution in [0.5, 0.6) is 0 Å². The number of rotatable bonds is 5. The summed E-state index contributed by atoms with van der Waals surface area (Å²) in [5.74, 6) is 1.50. The van der Waals surface area contributed by atoms with Gasteiger partial charge in [-0.25, -0.2) is 0 Å². The van der Waals surface area contributed by atoms with Crippen molar-refractivity contribution < 1.29 is 5.11 Å². The highest BCUT2D eigenvalue weighted by atomic mass is 16.3. The smallest absolute Gasteiger partial charge is 0.0964 e. The van der Waals surface area contributed by atoms with Crippen molar-refractivity contribution in [3.63, 3.8) is 0 Å². The largest absolute Gasteiger partial charge is 0.391 e. The maximum Gasteiger partial charge on any atom is 0.0964 e. The van der Waals surface area contributed by atoms with Crippen LogP contribution < -0.4 is 5.32 Å². The molecular formula is C11H22N2O. The number of aliphatic hydroxyl groups is 1. The van der Waals surface area contributed by atoms with Gasteiger partial charge in [-0.05, 0) is 12.3 Å². The van der Waals surface area contributed by atoms with Crippen molar-refractivity contribution in [3.8, 4) is 0 Å². The molecule has 0 aliphatic carbocycles. The maximum atomic E-state index is 9.85. The van der Waals surface area contributed by atoms with Crippen molar-refractivity contribution in [1.82, 2.24) is 5.32 Å². The van der Waals surface area contributed by atoms with E-state index in [4.69, 9.17) is 0 Å². The SMILES string of the molecule is CCC(CC)C(O)CNC1=NCCC1. The predicted octanol–water partition coefficient (Wildman–Crippen LogP) is 1.57. The topological polar surface area (TPSA) is 44.6 Å². The number of nitrogens with zero attached hydrogens (tertiary/aromatic N) is 1. The van der Waals surface area contributed by atoms with Gasteiger partial charge in [-0.15, -0.1) is 0 Å². The Bertz CT molecular complexity index is 188. The molecule has 0 fully saturated rings. The zero-order valence-electron chi connectivity index (χ0n) is 9.29. The standard InChI is InChI=1S/C11H22N2O/c1-3-9(4-2)10(14)8-13-11-6-5-7-12-11/h9-10,14H,3-8H2,1-2H3,(H,12,13). The van der Waals surface area contributed by atoms with Crippen molar-refractivity contribution in [2.24, 2.45) is 10.9 Å². The molecule has 1 heterocycles. The van der Waals surface area contributed by atoms with Crippen LogP contribution in [0.1, 0.15) is 39.5 Å². The highest BCUT2D eigenvalue weighted by Gasteiger charge is 2.16. The van der Waals surface area contributed by atoms with Crippen LogP contribution in [0.15, 0.2) is 4.99 Å². The van der Waals surface area contributed by atoms with E-state index in [2.05, 4.69) is 24.2 Å². The molecule has 0 spiro atoms. The van der Waals surface area contributed by atoms with Crippen molar-refractivity contribution >= 4 is 5.84 Å². The van der Waals surface area contributed by atoms with Crippen LogP contribution in [0.3, 0.4) is 0 Å². The van der Waals surface area contributed by atoms with Gasteiger partial charge >= 0.3 is 0 Å². The average Bonchev–Trinajstić information content (AvgIpc) is 2.69. The fourth-order valence-corrected chi connectivity index (χ4v) is 1.91. The third-order valence-corrected chi connectivity index (χ3v) is 2.98. The van der Waals surface area contributed by atoms with Gasteiger partial charge in [-0.3, -0.25) is 4.99 Å². The van der Waals surface area contributed by atoms with Crippen molar-refractivity contribution in [2.75, 3.05) is 13.1 Å². The number of aliphatic hydroxyl groups excluding tert-OH is 1. The molecule has 82 valence electrons. The van der Waals surface area contributed by atoms with Gasteiger partial charge in [0.25, 0.3) is 0 Å². The quantitative estimate of drug-likeness (QED) is 0.704. The van der Waals surface area contributed by atoms with Gasteiger partial charge in [0.15, 0.2) is 0 Å². The van der Waals surface area contributed by atoms with Crippen LogP contribution in [-0.2, 0) is 0 Å². The van der Waals surface area contributed by atoms with Gasteiger partial charge in [0, 0.05) is 19.5 Å². The van der Waals surface area contributed by atoms with Crippen LogP contribution >= 0.6 is 0 Å². The molecule has 0 bridgehead atoms. The number of hydrogen-bond acceptors (Lipinski definition) is 3. The second-order valence-corrected chi connectivity index (χ2v) is 3.96. The Balaban J connectivity index is 2.22. The molecule has 0 aromatic carbocycles. The Kier molecular flexibility index (Phi) is 4.94. The average molecular weight is 198 g/mol. The van der Waals surface area contributed by atoms with Gasteiger partial charge in [0.1, 0.15) is 0 Å². The summed E-state index contributed by atoms with van der Waals surface area (Å²) >= 11 is 0. The summed E-state index contributed by atoms with van der Waals surface area (Å²) < 4.78 is 0. The first-order valence-electron chi connectivity index (χ1n) is 5.73. The Morgan fingerprint density at radius 1 is 1.43 bits per heavy atom. The minimum absolute atomic E-state index is 0.228. The van der Waals surface area contributed by atoms with Crippen molar-refractivity contribution in [1.29, 1.82) is 0 Å². The lowest BCUT2D eigenvalue weighted by Crippen LogP contribution is -2.35. The summed E-state index contributed by atoms with van der Waals surface area (Å²) in [5, 5.41) is 13.1. The van der Waals surface area contributed by atoms with E-state index in [-0.39, 0.29) is 6.10 Å². The molecule has 1 atom stereocenters. The first kappa shape index (κ1) is 11.5. The number of aliphatic imine (C=N–C) groups is 1. The Labute approximate surface area is 86.6 Å². The third kappa shape index (κ3) is 3.29. The molecule has 2 N–H and O–H groups in total. The molecule has 0 aromatic rings. The minimum atomic E-state index is -0.228. The lowest BCUT2D eigenvalue weighted by molar-refractivity contribution is 0.106. The van der Waals surface area contributed by atoms with Crippen LogP contribution in [0.2, 0.25) is 0 Å². The summed E-state index contributed by atoms with van der Waals surface area (Å²) in [6.07, 6.45) is 4.07. The van der Waals surface area contributed by atoms with E-state index in [1.807, 2.05) is 0 Å². The molecule has 1 aliphatic rings. The predicted molar refractivity (Wildman–Crippen MR) is 59.6 cm³/mol. The van der Waals surface area contributed by atoms with E-state index in [0.717, 1.165) is 38.1 Å². The summed E-state index contributed by atoms with van der Waals surface area (Å²) in [7, 11) is 0. The van der Waals surface area contributed by atoms with Gasteiger partial charge < -0.3 is 10.4 Å². The molecule has 0 saturated heterocycles. The van der Waals surface area contributed by atoms with Crippen molar-refractivity contribution in [3.05, 3.63) is 0 Å². The lowest BCUT2D eigenvalue weighted by atomic mass is 9.96. The zero-order chi connectivity index (χ0) is 10.4.